The van der Waals surface area contributed by atoms with Crippen molar-refractivity contribution in [3.05, 3.63) is 12.4 Å². The highest BCUT2D eigenvalue weighted by Gasteiger charge is 1.91. The molecule has 6 nitrogen and oxygen atoms in total. The van der Waals surface area contributed by atoms with Gasteiger partial charge in [0.15, 0.2) is 11.6 Å². The van der Waals surface area contributed by atoms with Crippen LogP contribution in [-0.2, 0) is 0 Å². The second kappa shape index (κ2) is 2.95. The Bertz CT molecular complexity index is 176. The van der Waals surface area contributed by atoms with Crippen LogP contribution >= 0.6 is 0 Å². The lowest BCUT2D eigenvalue weighted by atomic mass is 10.6. The van der Waals surface area contributed by atoms with E-state index in [0.717, 1.165) is 0 Å². The summed E-state index contributed by atoms with van der Waals surface area (Å²) < 4.78 is 0. The van der Waals surface area contributed by atoms with Crippen molar-refractivity contribution in [1.82, 2.24) is 9.97 Å². The largest absolute Gasteiger partial charge is 0.290 e. The van der Waals surface area contributed by atoms with Crippen LogP contribution in [0.15, 0.2) is 12.4 Å². The van der Waals surface area contributed by atoms with Crippen LogP contribution in [0, 0.1) is 0 Å². The van der Waals surface area contributed by atoms with Crippen LogP contribution in [0.5, 0.6) is 0 Å². The van der Waals surface area contributed by atoms with Crippen LogP contribution in [0.25, 0.3) is 0 Å². The van der Waals surface area contributed by atoms with Crippen molar-refractivity contribution in [3.63, 3.8) is 0 Å². The van der Waals surface area contributed by atoms with E-state index in [1.54, 1.807) is 11.0 Å². The molecule has 1 aromatic rings. The average molecular weight is 142 g/mol. The molecular formula is C4H6N4O2. The number of rotatable bonds is 2. The Balaban J connectivity index is 2.80. The van der Waals surface area contributed by atoms with Gasteiger partial charge in [0.05, 0.1) is 12.4 Å². The molecule has 0 saturated heterocycles. The highest BCUT2D eigenvalue weighted by Crippen LogP contribution is 2.01. The van der Waals surface area contributed by atoms with E-state index in [2.05, 4.69) is 9.97 Å². The summed E-state index contributed by atoms with van der Waals surface area (Å²) in [5.41, 5.74) is 3.59. The molecule has 54 valence electrons. The smallest absolute Gasteiger partial charge is 0.168 e. The highest BCUT2D eigenvalue weighted by molar-refractivity contribution is 5.35. The summed E-state index contributed by atoms with van der Waals surface area (Å²) in [5.74, 6) is 0.443. The van der Waals surface area contributed by atoms with E-state index >= 15 is 0 Å². The Labute approximate surface area is 56.5 Å². The van der Waals surface area contributed by atoms with Crippen LogP contribution in [0.2, 0.25) is 0 Å². The van der Waals surface area contributed by atoms with Crippen molar-refractivity contribution in [2.24, 2.45) is 0 Å². The molecule has 0 amide bonds. The van der Waals surface area contributed by atoms with Crippen molar-refractivity contribution in [1.29, 1.82) is 0 Å². The molecule has 0 atom stereocenters. The molecule has 0 aliphatic carbocycles. The van der Waals surface area contributed by atoms with Gasteiger partial charge in [-0.1, -0.05) is 0 Å². The number of nitrogens with zero attached hydrogens (tertiary/aromatic N) is 2. The van der Waals surface area contributed by atoms with Gasteiger partial charge in [-0.3, -0.25) is 21.4 Å². The standard InChI is InChI=1S/C4H6N4O2/c9-7-3-1-5-4(8-10)2-6-3/h1-2,9-10H,(H,5,8)(H,6,7). The molecule has 0 saturated carbocycles. The summed E-state index contributed by atoms with van der Waals surface area (Å²) in [7, 11) is 0. The molecule has 0 radical (unpaired) electrons. The molecule has 4 N–H and O–H groups in total. The van der Waals surface area contributed by atoms with Crippen LogP contribution in [0.1, 0.15) is 0 Å². The Morgan fingerprint density at radius 3 is 1.60 bits per heavy atom. The molecule has 0 aromatic carbocycles. The second-order valence-corrected chi connectivity index (χ2v) is 1.51. The normalized spacial score (nSPS) is 9.00. The molecule has 1 rings (SSSR count). The van der Waals surface area contributed by atoms with Crippen LogP contribution < -0.4 is 11.0 Å². The Hall–Kier alpha value is -1.40. The minimum absolute atomic E-state index is 0.221. The molecule has 0 aliphatic rings. The second-order valence-electron chi connectivity index (χ2n) is 1.51. The molecule has 1 heterocycles. The van der Waals surface area contributed by atoms with E-state index in [1.807, 2.05) is 0 Å². The predicted octanol–water partition coefficient (Wildman–Crippen LogP) is 0.0788. The maximum absolute atomic E-state index is 8.27. The van der Waals surface area contributed by atoms with E-state index in [-0.39, 0.29) is 11.6 Å². The zero-order valence-electron chi connectivity index (χ0n) is 4.94. The Morgan fingerprint density at radius 1 is 1.00 bits per heavy atom. The van der Waals surface area contributed by atoms with Crippen molar-refractivity contribution in [2.75, 3.05) is 11.0 Å². The number of hydrogen-bond acceptors (Lipinski definition) is 6. The fourth-order valence-electron chi connectivity index (χ4n) is 0.444. The third-order valence-electron chi connectivity index (χ3n) is 0.881. The molecule has 6 heteroatoms. The number of anilines is 2. The number of aromatic nitrogens is 2. The Kier molecular flexibility index (Phi) is 1.98. The summed E-state index contributed by atoms with van der Waals surface area (Å²) in [5, 5.41) is 16.5. The van der Waals surface area contributed by atoms with Crippen LogP contribution in [0.4, 0.5) is 11.6 Å². The first kappa shape index (κ1) is 6.72. The molecule has 0 fully saturated rings. The molecule has 0 bridgehead atoms. The maximum atomic E-state index is 8.27. The Morgan fingerprint density at radius 2 is 1.40 bits per heavy atom. The molecule has 1 aromatic heterocycles. The van der Waals surface area contributed by atoms with E-state index in [4.69, 9.17) is 10.4 Å². The first-order chi connectivity index (χ1) is 4.86. The molecule has 0 spiro atoms. The number of nitrogens with one attached hydrogen (secondary N) is 2. The van der Waals surface area contributed by atoms with Gasteiger partial charge in [-0.05, 0) is 0 Å². The third-order valence-corrected chi connectivity index (χ3v) is 0.881. The van der Waals surface area contributed by atoms with E-state index in [1.165, 1.54) is 12.4 Å². The fraction of sp³-hybridized carbons (Fsp3) is 0. The minimum Gasteiger partial charge on any atom is -0.290 e. The zero-order valence-corrected chi connectivity index (χ0v) is 4.94. The zero-order chi connectivity index (χ0) is 7.40. The molecular weight excluding hydrogens is 136 g/mol. The van der Waals surface area contributed by atoms with E-state index < -0.39 is 0 Å². The van der Waals surface area contributed by atoms with Crippen LogP contribution in [-0.4, -0.2) is 20.4 Å². The van der Waals surface area contributed by atoms with Gasteiger partial charge in [-0.2, -0.15) is 0 Å². The summed E-state index contributed by atoms with van der Waals surface area (Å²) in [6.45, 7) is 0. The molecule has 0 unspecified atom stereocenters. The average Bonchev–Trinajstić information content (AvgIpc) is 2.05. The van der Waals surface area contributed by atoms with Crippen molar-refractivity contribution in [3.8, 4) is 0 Å². The SMILES string of the molecule is ONc1cnc(NO)cn1. The lowest BCUT2D eigenvalue weighted by molar-refractivity contribution is 0.381. The number of hydrogen-bond donors (Lipinski definition) is 4. The predicted molar refractivity (Wildman–Crippen MR) is 32.9 cm³/mol. The summed E-state index contributed by atoms with van der Waals surface area (Å²) in [6.07, 6.45) is 2.52. The fourth-order valence-corrected chi connectivity index (χ4v) is 0.444. The van der Waals surface area contributed by atoms with E-state index in [0.29, 0.717) is 0 Å². The summed E-state index contributed by atoms with van der Waals surface area (Å²) >= 11 is 0. The first-order valence-corrected chi connectivity index (χ1v) is 2.49. The van der Waals surface area contributed by atoms with Crippen LogP contribution in [0.3, 0.4) is 0 Å². The topological polar surface area (TPSA) is 90.3 Å². The van der Waals surface area contributed by atoms with Gasteiger partial charge < -0.3 is 0 Å². The lowest BCUT2D eigenvalue weighted by Crippen LogP contribution is -1.97. The van der Waals surface area contributed by atoms with Crippen molar-refractivity contribution < 1.29 is 10.4 Å². The van der Waals surface area contributed by atoms with Gasteiger partial charge in [0.25, 0.3) is 0 Å². The lowest BCUT2D eigenvalue weighted by Gasteiger charge is -1.97. The molecule has 0 aliphatic heterocycles. The summed E-state index contributed by atoms with van der Waals surface area (Å²) in [6, 6.07) is 0. The maximum Gasteiger partial charge on any atom is 0.168 e. The quantitative estimate of drug-likeness (QED) is 0.437. The van der Waals surface area contributed by atoms with Gasteiger partial charge >= 0.3 is 0 Å². The first-order valence-electron chi connectivity index (χ1n) is 2.49. The minimum atomic E-state index is 0.221. The van der Waals surface area contributed by atoms with Crippen molar-refractivity contribution >= 4 is 11.6 Å². The van der Waals surface area contributed by atoms with Gasteiger partial charge in [0.2, 0.25) is 0 Å². The van der Waals surface area contributed by atoms with E-state index in [9.17, 15) is 0 Å². The van der Waals surface area contributed by atoms with Gasteiger partial charge in [-0.15, -0.1) is 0 Å². The monoisotopic (exact) mass is 142 g/mol. The highest BCUT2D eigenvalue weighted by atomic mass is 16.5. The third kappa shape index (κ3) is 1.30. The summed E-state index contributed by atoms with van der Waals surface area (Å²) in [4.78, 5) is 7.24. The van der Waals surface area contributed by atoms with Gasteiger partial charge in [-0.25, -0.2) is 9.97 Å². The van der Waals surface area contributed by atoms with Gasteiger partial charge in [0, 0.05) is 0 Å². The van der Waals surface area contributed by atoms with Crippen molar-refractivity contribution in [2.45, 2.75) is 0 Å². The molecule has 10 heavy (non-hydrogen) atoms. The van der Waals surface area contributed by atoms with Gasteiger partial charge in [0.1, 0.15) is 0 Å².